The van der Waals surface area contributed by atoms with Crippen LogP contribution in [0.2, 0.25) is 0 Å². The van der Waals surface area contributed by atoms with Crippen LogP contribution in [0.4, 0.5) is 0 Å². The fraction of sp³-hybridized carbons (Fsp3) is 0.154. The third-order valence-corrected chi connectivity index (χ3v) is 5.95. The van der Waals surface area contributed by atoms with E-state index in [9.17, 15) is 14.4 Å². The second kappa shape index (κ2) is 8.35. The van der Waals surface area contributed by atoms with Crippen molar-refractivity contribution in [2.75, 3.05) is 13.7 Å². The van der Waals surface area contributed by atoms with Gasteiger partial charge in [-0.15, -0.1) is 0 Å². The summed E-state index contributed by atoms with van der Waals surface area (Å²) in [5, 5.41) is 6.02. The topological polar surface area (TPSA) is 79.3 Å². The molecule has 2 aliphatic rings. The van der Waals surface area contributed by atoms with E-state index in [2.05, 4.69) is 5.10 Å². The summed E-state index contributed by atoms with van der Waals surface area (Å²) >= 11 is 0. The molecule has 7 heteroatoms. The Balaban J connectivity index is 1.44. The van der Waals surface area contributed by atoms with E-state index in [1.54, 1.807) is 31.4 Å². The second-order valence-corrected chi connectivity index (χ2v) is 7.89. The van der Waals surface area contributed by atoms with Crippen molar-refractivity contribution in [3.8, 4) is 5.75 Å². The number of amides is 3. The Kier molecular flexibility index (Phi) is 5.22. The predicted octanol–water partition coefficient (Wildman–Crippen LogP) is 3.67. The van der Waals surface area contributed by atoms with Gasteiger partial charge < -0.3 is 4.74 Å². The monoisotopic (exact) mass is 439 g/mol. The highest BCUT2D eigenvalue weighted by molar-refractivity contribution is 6.22. The van der Waals surface area contributed by atoms with E-state index in [0.29, 0.717) is 23.3 Å². The fourth-order valence-electron chi connectivity index (χ4n) is 4.22. The van der Waals surface area contributed by atoms with Gasteiger partial charge in [0.2, 0.25) is 0 Å². The van der Waals surface area contributed by atoms with Gasteiger partial charge in [-0.25, -0.2) is 5.01 Å². The molecular weight excluding hydrogens is 418 g/mol. The molecule has 2 heterocycles. The first-order valence-corrected chi connectivity index (χ1v) is 10.6. The Hall–Kier alpha value is -4.26. The average Bonchev–Trinajstić information content (AvgIpc) is 3.41. The largest absolute Gasteiger partial charge is 0.497 e. The van der Waals surface area contributed by atoms with Crippen molar-refractivity contribution in [2.45, 2.75) is 12.5 Å². The lowest BCUT2D eigenvalue weighted by Crippen LogP contribution is -2.41. The number of imide groups is 1. The van der Waals surface area contributed by atoms with Crippen molar-refractivity contribution in [1.82, 2.24) is 9.91 Å². The summed E-state index contributed by atoms with van der Waals surface area (Å²) in [5.41, 5.74) is 3.22. The number of hydrogen-bond acceptors (Lipinski definition) is 5. The van der Waals surface area contributed by atoms with Crippen LogP contribution in [0.25, 0.3) is 0 Å². The molecular formula is C26H21N3O4. The van der Waals surface area contributed by atoms with Crippen molar-refractivity contribution in [3.63, 3.8) is 0 Å². The van der Waals surface area contributed by atoms with Crippen LogP contribution in [0.15, 0.2) is 84.0 Å². The maximum absolute atomic E-state index is 13.4. The van der Waals surface area contributed by atoms with Gasteiger partial charge in [-0.2, -0.15) is 5.10 Å². The Morgan fingerprint density at radius 2 is 1.52 bits per heavy atom. The maximum atomic E-state index is 13.4. The lowest BCUT2D eigenvalue weighted by Gasteiger charge is -2.24. The van der Waals surface area contributed by atoms with Gasteiger partial charge in [-0.1, -0.05) is 54.6 Å². The zero-order valence-corrected chi connectivity index (χ0v) is 18.0. The Morgan fingerprint density at radius 3 is 2.12 bits per heavy atom. The molecule has 0 saturated carbocycles. The average molecular weight is 439 g/mol. The first kappa shape index (κ1) is 20.6. The minimum absolute atomic E-state index is 0.317. The number of nitrogens with zero attached hydrogens (tertiary/aromatic N) is 3. The van der Waals surface area contributed by atoms with Gasteiger partial charge >= 0.3 is 0 Å². The number of hydrogen-bond donors (Lipinski definition) is 0. The lowest BCUT2D eigenvalue weighted by molar-refractivity contribution is -0.133. The number of benzene rings is 3. The highest BCUT2D eigenvalue weighted by Crippen LogP contribution is 2.34. The van der Waals surface area contributed by atoms with Crippen LogP contribution in [-0.4, -0.2) is 47.0 Å². The minimum Gasteiger partial charge on any atom is -0.497 e. The molecule has 3 aromatic rings. The molecule has 5 rings (SSSR count). The Morgan fingerprint density at radius 1 is 0.909 bits per heavy atom. The SMILES string of the molecule is COc1ccc([C@@H]2CC(c3ccccc3)=NN2C(=O)CN2C(=O)c3ccccc3C2=O)cc1. The number of carbonyl (C=O) groups excluding carboxylic acids is 3. The zero-order valence-electron chi connectivity index (χ0n) is 18.0. The van der Waals surface area contributed by atoms with Gasteiger partial charge in [0.15, 0.2) is 0 Å². The molecule has 0 fully saturated rings. The van der Waals surface area contributed by atoms with Gasteiger partial charge in [-0.3, -0.25) is 19.3 Å². The fourth-order valence-corrected chi connectivity index (χ4v) is 4.22. The highest BCUT2D eigenvalue weighted by atomic mass is 16.5. The molecule has 7 nitrogen and oxygen atoms in total. The number of methoxy groups -OCH3 is 1. The predicted molar refractivity (Wildman–Crippen MR) is 122 cm³/mol. The number of hydrazone groups is 1. The highest BCUT2D eigenvalue weighted by Gasteiger charge is 2.40. The quantitative estimate of drug-likeness (QED) is 0.569. The van der Waals surface area contributed by atoms with Crippen molar-refractivity contribution < 1.29 is 19.1 Å². The lowest BCUT2D eigenvalue weighted by atomic mass is 9.98. The van der Waals surface area contributed by atoms with Crippen LogP contribution < -0.4 is 4.74 Å². The molecule has 164 valence electrons. The van der Waals surface area contributed by atoms with Crippen LogP contribution in [0.5, 0.6) is 5.75 Å². The summed E-state index contributed by atoms with van der Waals surface area (Å²) in [4.78, 5) is 39.9. The molecule has 0 spiro atoms. The summed E-state index contributed by atoms with van der Waals surface area (Å²) in [6.07, 6.45) is 0.518. The maximum Gasteiger partial charge on any atom is 0.263 e. The molecule has 2 aliphatic heterocycles. The van der Waals surface area contributed by atoms with Gasteiger partial charge in [0.1, 0.15) is 12.3 Å². The molecule has 3 aromatic carbocycles. The molecule has 0 unspecified atom stereocenters. The molecule has 0 aliphatic carbocycles. The zero-order chi connectivity index (χ0) is 22.9. The molecule has 3 amide bonds. The molecule has 0 saturated heterocycles. The van der Waals surface area contributed by atoms with E-state index in [-0.39, 0.29) is 12.6 Å². The van der Waals surface area contributed by atoms with Crippen LogP contribution >= 0.6 is 0 Å². The summed E-state index contributed by atoms with van der Waals surface area (Å²) in [6, 6.07) is 23.4. The number of rotatable bonds is 5. The van der Waals surface area contributed by atoms with E-state index < -0.39 is 17.7 Å². The van der Waals surface area contributed by atoms with E-state index in [1.165, 1.54) is 5.01 Å². The number of fused-ring (bicyclic) bond motifs is 1. The van der Waals surface area contributed by atoms with Crippen LogP contribution in [0, 0.1) is 0 Å². The standard InChI is InChI=1S/C26H21N3O4/c1-33-19-13-11-18(12-14-19)23-15-22(17-7-3-2-4-8-17)27-29(23)24(30)16-28-25(31)20-9-5-6-10-21(20)26(28)32/h2-14,23H,15-16H2,1H3/t23-/m0/s1. The molecule has 1 atom stereocenters. The van der Waals surface area contributed by atoms with E-state index in [4.69, 9.17) is 4.74 Å². The first-order valence-electron chi connectivity index (χ1n) is 10.6. The van der Waals surface area contributed by atoms with Crippen molar-refractivity contribution in [1.29, 1.82) is 0 Å². The Bertz CT molecular complexity index is 1230. The first-order chi connectivity index (χ1) is 16.1. The molecule has 0 N–H and O–H groups in total. The third-order valence-electron chi connectivity index (χ3n) is 5.95. The van der Waals surface area contributed by atoms with Crippen LogP contribution in [0.1, 0.15) is 44.3 Å². The van der Waals surface area contributed by atoms with Crippen LogP contribution in [-0.2, 0) is 4.79 Å². The van der Waals surface area contributed by atoms with E-state index >= 15 is 0 Å². The summed E-state index contributed by atoms with van der Waals surface area (Å²) < 4.78 is 5.25. The normalized spacial score (nSPS) is 17.2. The van der Waals surface area contributed by atoms with Crippen molar-refractivity contribution >= 4 is 23.4 Å². The molecule has 0 aromatic heterocycles. The minimum atomic E-state index is -0.462. The summed E-state index contributed by atoms with van der Waals surface area (Å²) in [5.74, 6) is -0.631. The van der Waals surface area contributed by atoms with Crippen molar-refractivity contribution in [3.05, 3.63) is 101 Å². The second-order valence-electron chi connectivity index (χ2n) is 7.89. The van der Waals surface area contributed by atoms with Gasteiger partial charge in [0.25, 0.3) is 17.7 Å². The third kappa shape index (κ3) is 3.67. The molecule has 33 heavy (non-hydrogen) atoms. The number of carbonyl (C=O) groups is 3. The van der Waals surface area contributed by atoms with Crippen molar-refractivity contribution in [2.24, 2.45) is 5.10 Å². The number of ether oxygens (including phenoxy) is 1. The smallest absolute Gasteiger partial charge is 0.263 e. The summed E-state index contributed by atoms with van der Waals surface area (Å²) in [6.45, 7) is -0.370. The Labute approximate surface area is 190 Å². The van der Waals surface area contributed by atoms with Crippen LogP contribution in [0.3, 0.4) is 0 Å². The van der Waals surface area contributed by atoms with E-state index in [1.807, 2.05) is 54.6 Å². The van der Waals surface area contributed by atoms with E-state index in [0.717, 1.165) is 21.7 Å². The summed E-state index contributed by atoms with van der Waals surface area (Å²) in [7, 11) is 1.60. The van der Waals surface area contributed by atoms with Gasteiger partial charge in [0, 0.05) is 6.42 Å². The molecule has 0 bridgehead atoms. The molecule has 0 radical (unpaired) electrons. The van der Waals surface area contributed by atoms with Gasteiger partial charge in [0.05, 0.1) is 30.0 Å². The van der Waals surface area contributed by atoms with Gasteiger partial charge in [-0.05, 0) is 35.4 Å².